The van der Waals surface area contributed by atoms with Gasteiger partial charge in [0.15, 0.2) is 0 Å². The monoisotopic (exact) mass is 274 g/mol. The van der Waals surface area contributed by atoms with Gasteiger partial charge in [-0.2, -0.15) is 0 Å². The van der Waals surface area contributed by atoms with Crippen LogP contribution in [0.25, 0.3) is 0 Å². The van der Waals surface area contributed by atoms with Gasteiger partial charge in [0.25, 0.3) is 0 Å². The number of carbonyl (C=O) groups is 2. The second kappa shape index (κ2) is 8.87. The number of ether oxygens (including phenoxy) is 1. The molecule has 112 valence electrons. The Bertz CT molecular complexity index is 287. The first-order valence-electron chi connectivity index (χ1n) is 6.58. The van der Waals surface area contributed by atoms with Gasteiger partial charge in [-0.05, 0) is 34.2 Å². The highest BCUT2D eigenvalue weighted by Crippen LogP contribution is 2.02. The molecule has 2 N–H and O–H groups in total. The number of amides is 1. The zero-order valence-electron chi connectivity index (χ0n) is 12.4. The topological polar surface area (TPSA) is 78.9 Å². The molecule has 6 heteroatoms. The summed E-state index contributed by atoms with van der Waals surface area (Å²) < 4.78 is 4.78. The molecule has 0 heterocycles. The minimum absolute atomic E-state index is 0.115. The first kappa shape index (κ1) is 17.9. The summed E-state index contributed by atoms with van der Waals surface area (Å²) in [4.78, 5) is 24.4. The van der Waals surface area contributed by atoms with Crippen molar-refractivity contribution in [2.75, 3.05) is 33.3 Å². The molecule has 0 fully saturated rings. The fraction of sp³-hybridized carbons (Fsp3) is 0.846. The first-order chi connectivity index (χ1) is 8.74. The highest BCUT2D eigenvalue weighted by Gasteiger charge is 2.17. The number of hydrogen-bond acceptors (Lipinski definition) is 5. The van der Waals surface area contributed by atoms with Crippen molar-refractivity contribution in [3.63, 3.8) is 0 Å². The highest BCUT2D eigenvalue weighted by molar-refractivity contribution is 5.78. The summed E-state index contributed by atoms with van der Waals surface area (Å²) in [6.45, 7) is 6.63. The standard InChI is InChI=1S/C13H26N2O4/c1-5-19-12(17)7-6-8-14-11(16)9-15(4)10-13(2,3)18/h18H,5-10H2,1-4H3,(H,14,16). The largest absolute Gasteiger partial charge is 0.466 e. The van der Waals surface area contributed by atoms with E-state index in [1.54, 1.807) is 32.7 Å². The molecule has 0 bridgehead atoms. The quantitative estimate of drug-likeness (QED) is 0.462. The third kappa shape index (κ3) is 11.7. The van der Waals surface area contributed by atoms with E-state index in [0.717, 1.165) is 0 Å². The molecule has 0 unspecified atom stereocenters. The lowest BCUT2D eigenvalue weighted by atomic mass is 10.1. The Hall–Kier alpha value is -1.14. The zero-order chi connectivity index (χ0) is 14.9. The van der Waals surface area contributed by atoms with Crippen LogP contribution in [0.5, 0.6) is 0 Å². The average Bonchev–Trinajstić information content (AvgIpc) is 2.21. The number of hydrogen-bond donors (Lipinski definition) is 2. The third-order valence-corrected chi connectivity index (χ3v) is 2.26. The van der Waals surface area contributed by atoms with Gasteiger partial charge in [0.2, 0.25) is 5.91 Å². The minimum Gasteiger partial charge on any atom is -0.466 e. The van der Waals surface area contributed by atoms with Crippen molar-refractivity contribution in [3.8, 4) is 0 Å². The third-order valence-electron chi connectivity index (χ3n) is 2.26. The van der Waals surface area contributed by atoms with Gasteiger partial charge < -0.3 is 15.2 Å². The Kier molecular flexibility index (Phi) is 8.34. The van der Waals surface area contributed by atoms with Crippen LogP contribution in [-0.4, -0.2) is 60.8 Å². The van der Waals surface area contributed by atoms with E-state index < -0.39 is 5.60 Å². The van der Waals surface area contributed by atoms with Gasteiger partial charge in [0.05, 0.1) is 18.8 Å². The van der Waals surface area contributed by atoms with Crippen molar-refractivity contribution in [1.82, 2.24) is 10.2 Å². The molecule has 19 heavy (non-hydrogen) atoms. The second-order valence-electron chi connectivity index (χ2n) is 5.24. The summed E-state index contributed by atoms with van der Waals surface area (Å²) in [5, 5.41) is 12.3. The van der Waals surface area contributed by atoms with Crippen molar-refractivity contribution < 1.29 is 19.4 Å². The van der Waals surface area contributed by atoms with Gasteiger partial charge in [0, 0.05) is 19.5 Å². The van der Waals surface area contributed by atoms with Crippen molar-refractivity contribution in [2.45, 2.75) is 39.2 Å². The molecule has 0 aliphatic carbocycles. The fourth-order valence-corrected chi connectivity index (χ4v) is 1.71. The summed E-state index contributed by atoms with van der Waals surface area (Å²) in [7, 11) is 1.77. The van der Waals surface area contributed by atoms with Crippen molar-refractivity contribution in [2.24, 2.45) is 0 Å². The maximum atomic E-state index is 11.6. The number of likely N-dealkylation sites (N-methyl/N-ethyl adjacent to an activating group) is 1. The van der Waals surface area contributed by atoms with E-state index >= 15 is 0 Å². The van der Waals surface area contributed by atoms with E-state index in [-0.39, 0.29) is 18.4 Å². The molecule has 0 radical (unpaired) electrons. The highest BCUT2D eigenvalue weighted by atomic mass is 16.5. The van der Waals surface area contributed by atoms with Gasteiger partial charge in [-0.15, -0.1) is 0 Å². The van der Waals surface area contributed by atoms with E-state index in [2.05, 4.69) is 5.32 Å². The molecule has 0 saturated heterocycles. The molecular formula is C13H26N2O4. The number of carbonyl (C=O) groups excluding carboxylic acids is 2. The molecule has 6 nitrogen and oxygen atoms in total. The van der Waals surface area contributed by atoms with E-state index in [0.29, 0.717) is 32.5 Å². The predicted molar refractivity (Wildman–Crippen MR) is 72.7 cm³/mol. The number of nitrogens with one attached hydrogen (secondary N) is 1. The normalized spacial score (nSPS) is 11.5. The van der Waals surface area contributed by atoms with Gasteiger partial charge in [0.1, 0.15) is 0 Å². The molecule has 0 atom stereocenters. The Morgan fingerprint density at radius 1 is 1.37 bits per heavy atom. The van der Waals surface area contributed by atoms with Crippen LogP contribution in [0, 0.1) is 0 Å². The maximum Gasteiger partial charge on any atom is 0.305 e. The number of esters is 1. The van der Waals surface area contributed by atoms with Crippen LogP contribution in [0.4, 0.5) is 0 Å². The summed E-state index contributed by atoms with van der Waals surface area (Å²) in [6.07, 6.45) is 0.882. The summed E-state index contributed by atoms with van der Waals surface area (Å²) >= 11 is 0. The molecule has 1 amide bonds. The molecule has 0 aromatic carbocycles. The molecular weight excluding hydrogens is 248 g/mol. The summed E-state index contributed by atoms with van der Waals surface area (Å²) in [6, 6.07) is 0. The maximum absolute atomic E-state index is 11.6. The fourth-order valence-electron chi connectivity index (χ4n) is 1.71. The van der Waals surface area contributed by atoms with Gasteiger partial charge in [-0.3, -0.25) is 14.5 Å². The van der Waals surface area contributed by atoms with Gasteiger partial charge in [-0.25, -0.2) is 0 Å². The van der Waals surface area contributed by atoms with Crippen LogP contribution in [0.1, 0.15) is 33.6 Å². The van der Waals surface area contributed by atoms with Crippen LogP contribution in [0.15, 0.2) is 0 Å². The number of aliphatic hydroxyl groups is 1. The molecule has 0 aromatic heterocycles. The summed E-state index contributed by atoms with van der Waals surface area (Å²) in [5.74, 6) is -0.355. The lowest BCUT2D eigenvalue weighted by Gasteiger charge is -2.24. The van der Waals surface area contributed by atoms with Crippen LogP contribution in [0.3, 0.4) is 0 Å². The van der Waals surface area contributed by atoms with Crippen LogP contribution < -0.4 is 5.32 Å². The SMILES string of the molecule is CCOC(=O)CCCNC(=O)CN(C)CC(C)(C)O. The Morgan fingerprint density at radius 2 is 2.00 bits per heavy atom. The smallest absolute Gasteiger partial charge is 0.305 e. The second-order valence-corrected chi connectivity index (χ2v) is 5.24. The lowest BCUT2D eigenvalue weighted by Crippen LogP contribution is -2.42. The zero-order valence-corrected chi connectivity index (χ0v) is 12.4. The number of nitrogens with zero attached hydrogens (tertiary/aromatic N) is 1. The lowest BCUT2D eigenvalue weighted by molar-refractivity contribution is -0.143. The minimum atomic E-state index is -0.820. The number of rotatable bonds is 9. The van der Waals surface area contributed by atoms with Crippen molar-refractivity contribution in [1.29, 1.82) is 0 Å². The van der Waals surface area contributed by atoms with Gasteiger partial charge >= 0.3 is 5.97 Å². The molecule has 0 saturated carbocycles. The Morgan fingerprint density at radius 3 is 2.53 bits per heavy atom. The Balaban J connectivity index is 3.67. The van der Waals surface area contributed by atoms with Crippen LogP contribution in [0.2, 0.25) is 0 Å². The molecule has 0 aliphatic heterocycles. The van der Waals surface area contributed by atoms with Crippen LogP contribution >= 0.6 is 0 Å². The first-order valence-corrected chi connectivity index (χ1v) is 6.58. The van der Waals surface area contributed by atoms with Gasteiger partial charge in [-0.1, -0.05) is 0 Å². The summed E-state index contributed by atoms with van der Waals surface area (Å²) in [5.41, 5.74) is -0.820. The van der Waals surface area contributed by atoms with E-state index in [9.17, 15) is 14.7 Å². The van der Waals surface area contributed by atoms with E-state index in [1.165, 1.54) is 0 Å². The van der Waals surface area contributed by atoms with Crippen LogP contribution in [-0.2, 0) is 14.3 Å². The molecule has 0 aliphatic rings. The van der Waals surface area contributed by atoms with E-state index in [1.807, 2.05) is 0 Å². The molecule has 0 spiro atoms. The Labute approximate surface area is 115 Å². The molecule has 0 rings (SSSR count). The van der Waals surface area contributed by atoms with Crippen molar-refractivity contribution >= 4 is 11.9 Å². The van der Waals surface area contributed by atoms with E-state index in [4.69, 9.17) is 4.74 Å². The van der Waals surface area contributed by atoms with Crippen molar-refractivity contribution in [3.05, 3.63) is 0 Å². The average molecular weight is 274 g/mol. The molecule has 0 aromatic rings. The predicted octanol–water partition coefficient (Wildman–Crippen LogP) is 0.149.